The molecule has 2 amide bonds. The number of nitro groups is 1. The predicted octanol–water partition coefficient (Wildman–Crippen LogP) is 4.72. The van der Waals surface area contributed by atoms with E-state index >= 15 is 0 Å². The highest BCUT2D eigenvalue weighted by molar-refractivity contribution is 6.12. The highest BCUT2D eigenvalue weighted by atomic mass is 16.6. The molecule has 1 fully saturated rings. The lowest BCUT2D eigenvalue weighted by atomic mass is 10.0. The Labute approximate surface area is 226 Å². The second-order valence-corrected chi connectivity index (χ2v) is 9.79. The summed E-state index contributed by atoms with van der Waals surface area (Å²) in [6.07, 6.45) is 3.95. The maximum atomic E-state index is 13.0. The van der Waals surface area contributed by atoms with Crippen molar-refractivity contribution in [1.82, 2.24) is 10.2 Å². The predicted molar refractivity (Wildman–Crippen MR) is 150 cm³/mol. The number of nitrogens with one attached hydrogen (secondary N) is 3. The number of piperidine rings is 1. The molecule has 0 spiro atoms. The molecule has 39 heavy (non-hydrogen) atoms. The van der Waals surface area contributed by atoms with Crippen molar-refractivity contribution in [1.29, 1.82) is 0 Å². The Kier molecular flexibility index (Phi) is 7.74. The van der Waals surface area contributed by atoms with Crippen molar-refractivity contribution in [3.8, 4) is 16.9 Å². The van der Waals surface area contributed by atoms with Crippen LogP contribution in [0.5, 0.6) is 5.75 Å². The van der Waals surface area contributed by atoms with Gasteiger partial charge in [-0.1, -0.05) is 18.6 Å². The molecule has 0 saturated carbocycles. The van der Waals surface area contributed by atoms with Crippen LogP contribution in [0.2, 0.25) is 0 Å². The van der Waals surface area contributed by atoms with E-state index in [1.54, 1.807) is 24.3 Å². The summed E-state index contributed by atoms with van der Waals surface area (Å²) in [5.41, 5.74) is 4.52. The number of nitrogens with zero attached hydrogens (tertiary/aromatic N) is 2. The van der Waals surface area contributed by atoms with Gasteiger partial charge in [-0.3, -0.25) is 19.7 Å². The average molecular weight is 530 g/mol. The van der Waals surface area contributed by atoms with E-state index in [1.165, 1.54) is 32.4 Å². The SMILES string of the molecule is COc1cc(-c2ccc3c(c2)Nc2ccc(CC(=O)NCCN4CCCCC4)cc2NC3=O)ccc1[N+](=O)[O-]. The Balaban J connectivity index is 1.29. The normalized spacial score (nSPS) is 14.7. The lowest BCUT2D eigenvalue weighted by molar-refractivity contribution is -0.385. The van der Waals surface area contributed by atoms with Crippen molar-refractivity contribution in [3.63, 3.8) is 0 Å². The van der Waals surface area contributed by atoms with Crippen molar-refractivity contribution in [2.24, 2.45) is 0 Å². The molecular formula is C29H31N5O5. The lowest BCUT2D eigenvalue weighted by Gasteiger charge is -2.26. The molecular weight excluding hydrogens is 498 g/mol. The van der Waals surface area contributed by atoms with Gasteiger partial charge in [0, 0.05) is 19.2 Å². The van der Waals surface area contributed by atoms with Gasteiger partial charge in [-0.25, -0.2) is 0 Å². The summed E-state index contributed by atoms with van der Waals surface area (Å²) in [6, 6.07) is 15.5. The zero-order valence-electron chi connectivity index (χ0n) is 21.8. The van der Waals surface area contributed by atoms with E-state index in [4.69, 9.17) is 4.74 Å². The molecule has 2 aliphatic heterocycles. The molecule has 1 saturated heterocycles. The highest BCUT2D eigenvalue weighted by Crippen LogP contribution is 2.37. The Morgan fingerprint density at radius 3 is 2.51 bits per heavy atom. The number of hydrogen-bond acceptors (Lipinski definition) is 7. The number of methoxy groups -OCH3 is 1. The number of anilines is 3. The summed E-state index contributed by atoms with van der Waals surface area (Å²) < 4.78 is 5.20. The fraction of sp³-hybridized carbons (Fsp3) is 0.310. The van der Waals surface area contributed by atoms with Crippen molar-refractivity contribution >= 4 is 34.6 Å². The van der Waals surface area contributed by atoms with Gasteiger partial charge in [-0.05, 0) is 79.0 Å². The molecule has 0 atom stereocenters. The van der Waals surface area contributed by atoms with Crippen molar-refractivity contribution in [2.75, 3.05) is 43.9 Å². The monoisotopic (exact) mass is 529 g/mol. The van der Waals surface area contributed by atoms with Crippen LogP contribution in [0, 0.1) is 10.1 Å². The van der Waals surface area contributed by atoms with Crippen molar-refractivity contribution in [3.05, 3.63) is 75.8 Å². The number of carbonyl (C=O) groups is 2. The van der Waals surface area contributed by atoms with E-state index in [0.717, 1.165) is 30.8 Å². The Morgan fingerprint density at radius 2 is 1.74 bits per heavy atom. The minimum absolute atomic E-state index is 0.0497. The third-order valence-corrected chi connectivity index (χ3v) is 7.14. The summed E-state index contributed by atoms with van der Waals surface area (Å²) in [6.45, 7) is 3.68. The van der Waals surface area contributed by atoms with E-state index in [0.29, 0.717) is 34.7 Å². The number of hydrogen-bond donors (Lipinski definition) is 3. The zero-order valence-corrected chi connectivity index (χ0v) is 21.8. The molecule has 3 aromatic carbocycles. The third kappa shape index (κ3) is 6.01. The number of ether oxygens (including phenoxy) is 1. The van der Waals surface area contributed by atoms with Gasteiger partial charge in [-0.15, -0.1) is 0 Å². The number of likely N-dealkylation sites (tertiary alicyclic amines) is 1. The zero-order chi connectivity index (χ0) is 27.4. The molecule has 2 aliphatic rings. The first kappa shape index (κ1) is 26.2. The summed E-state index contributed by atoms with van der Waals surface area (Å²) in [4.78, 5) is 38.7. The smallest absolute Gasteiger partial charge is 0.310 e. The van der Waals surface area contributed by atoms with Crippen molar-refractivity contribution in [2.45, 2.75) is 25.7 Å². The fourth-order valence-corrected chi connectivity index (χ4v) is 5.07. The molecule has 0 unspecified atom stereocenters. The first-order valence-electron chi connectivity index (χ1n) is 13.1. The Bertz CT molecular complexity index is 1420. The minimum Gasteiger partial charge on any atom is -0.490 e. The van der Waals surface area contributed by atoms with E-state index < -0.39 is 4.92 Å². The fourth-order valence-electron chi connectivity index (χ4n) is 5.07. The van der Waals surface area contributed by atoms with Crippen LogP contribution in [0.25, 0.3) is 11.1 Å². The standard InChI is InChI=1S/C29H31N5O5/c1-39-27-18-21(7-10-26(27)34(37)38)20-6-8-22-24(17-20)31-23-9-5-19(15-25(23)32-29(22)36)16-28(35)30-11-14-33-12-3-2-4-13-33/h5-10,15,17-18,31H,2-4,11-14,16H2,1H3,(H,30,35)(H,32,36). The molecule has 3 N–H and O–H groups in total. The molecule has 5 rings (SSSR count). The lowest BCUT2D eigenvalue weighted by Crippen LogP contribution is -2.38. The third-order valence-electron chi connectivity index (χ3n) is 7.14. The van der Waals surface area contributed by atoms with Crippen LogP contribution in [-0.4, -0.2) is 54.9 Å². The summed E-state index contributed by atoms with van der Waals surface area (Å²) in [5, 5.41) is 20.5. The number of benzene rings is 3. The molecule has 202 valence electrons. The Morgan fingerprint density at radius 1 is 0.974 bits per heavy atom. The average Bonchev–Trinajstić information content (AvgIpc) is 3.08. The van der Waals surface area contributed by atoms with E-state index in [-0.39, 0.29) is 29.7 Å². The molecule has 0 aromatic heterocycles. The van der Waals surface area contributed by atoms with Crippen LogP contribution in [0.3, 0.4) is 0 Å². The molecule has 10 nitrogen and oxygen atoms in total. The van der Waals surface area contributed by atoms with Gasteiger partial charge in [0.2, 0.25) is 5.91 Å². The number of nitro benzene ring substituents is 1. The van der Waals surface area contributed by atoms with E-state index in [2.05, 4.69) is 20.9 Å². The second-order valence-electron chi connectivity index (χ2n) is 9.79. The first-order valence-corrected chi connectivity index (χ1v) is 13.1. The van der Waals surface area contributed by atoms with Crippen LogP contribution in [0.4, 0.5) is 22.7 Å². The van der Waals surface area contributed by atoms with Crippen LogP contribution >= 0.6 is 0 Å². The quantitative estimate of drug-likeness (QED) is 0.285. The number of carbonyl (C=O) groups excluding carboxylic acids is 2. The van der Waals surface area contributed by atoms with Gasteiger partial charge in [0.05, 0.1) is 41.1 Å². The molecule has 10 heteroatoms. The largest absolute Gasteiger partial charge is 0.490 e. The van der Waals surface area contributed by atoms with Gasteiger partial charge >= 0.3 is 5.69 Å². The van der Waals surface area contributed by atoms with E-state index in [9.17, 15) is 19.7 Å². The van der Waals surface area contributed by atoms with E-state index in [1.807, 2.05) is 24.3 Å². The van der Waals surface area contributed by atoms with Gasteiger partial charge in [-0.2, -0.15) is 0 Å². The summed E-state index contributed by atoms with van der Waals surface area (Å²) in [7, 11) is 1.39. The number of rotatable bonds is 8. The van der Waals surface area contributed by atoms with Crippen LogP contribution in [0.15, 0.2) is 54.6 Å². The first-order chi connectivity index (χ1) is 18.9. The van der Waals surface area contributed by atoms with Crippen molar-refractivity contribution < 1.29 is 19.2 Å². The highest BCUT2D eigenvalue weighted by Gasteiger charge is 2.21. The van der Waals surface area contributed by atoms with Crippen LogP contribution < -0.4 is 20.7 Å². The van der Waals surface area contributed by atoms with Gasteiger partial charge in [0.25, 0.3) is 5.91 Å². The van der Waals surface area contributed by atoms with Gasteiger partial charge in [0.1, 0.15) is 0 Å². The minimum atomic E-state index is -0.490. The van der Waals surface area contributed by atoms with Gasteiger partial charge in [0.15, 0.2) is 5.75 Å². The topological polar surface area (TPSA) is 126 Å². The van der Waals surface area contributed by atoms with Gasteiger partial charge < -0.3 is 25.6 Å². The Hall–Kier alpha value is -4.44. The number of amides is 2. The molecule has 3 aromatic rings. The summed E-state index contributed by atoms with van der Waals surface area (Å²) in [5.74, 6) is -0.162. The van der Waals surface area contributed by atoms with Crippen LogP contribution in [-0.2, 0) is 11.2 Å². The maximum absolute atomic E-state index is 13.0. The summed E-state index contributed by atoms with van der Waals surface area (Å²) >= 11 is 0. The number of fused-ring (bicyclic) bond motifs is 2. The second kappa shape index (κ2) is 11.5. The molecule has 0 bridgehead atoms. The van der Waals surface area contributed by atoms with Crippen LogP contribution in [0.1, 0.15) is 35.2 Å². The maximum Gasteiger partial charge on any atom is 0.310 e. The molecule has 0 radical (unpaired) electrons. The molecule has 0 aliphatic carbocycles. The molecule has 2 heterocycles.